The second-order valence-corrected chi connectivity index (χ2v) is 8.96. The number of anilines is 2. The molecular formula is C22H28BrClN4OS. The molecule has 0 spiro atoms. The van der Waals surface area contributed by atoms with E-state index in [2.05, 4.69) is 40.7 Å². The van der Waals surface area contributed by atoms with Crippen molar-refractivity contribution < 1.29 is 4.79 Å². The maximum absolute atomic E-state index is 13.4. The van der Waals surface area contributed by atoms with Crippen molar-refractivity contribution in [3.05, 3.63) is 52.5 Å². The Bertz CT molecular complexity index is 973. The summed E-state index contributed by atoms with van der Waals surface area (Å²) in [5.41, 5.74) is 2.66. The molecule has 1 heterocycles. The van der Waals surface area contributed by atoms with Gasteiger partial charge in [-0.1, -0.05) is 41.1 Å². The lowest BCUT2D eigenvalue weighted by atomic mass is 10.1. The SMILES string of the molecule is CCN(CC)CCN(C(=O)c1ccc(N(C)C)cc1)c1nc2ccc(Br)cc2s1.Cl. The number of benzene rings is 2. The van der Waals surface area contributed by atoms with Crippen LogP contribution in [0.2, 0.25) is 0 Å². The normalized spacial score (nSPS) is 10.9. The lowest BCUT2D eigenvalue weighted by molar-refractivity contribution is 0.0984. The molecule has 0 aliphatic rings. The fourth-order valence-electron chi connectivity index (χ4n) is 3.13. The minimum atomic E-state index is -0.0133. The smallest absolute Gasteiger partial charge is 0.260 e. The summed E-state index contributed by atoms with van der Waals surface area (Å²) in [6.07, 6.45) is 0. The molecule has 0 radical (unpaired) electrons. The lowest BCUT2D eigenvalue weighted by Crippen LogP contribution is -2.38. The Labute approximate surface area is 197 Å². The molecule has 3 rings (SSSR count). The molecule has 8 heteroatoms. The van der Waals surface area contributed by atoms with Crippen LogP contribution in [-0.4, -0.2) is 56.1 Å². The number of likely N-dealkylation sites (N-methyl/N-ethyl adjacent to an activating group) is 1. The van der Waals surface area contributed by atoms with Crippen LogP contribution >= 0.6 is 39.7 Å². The number of hydrogen-bond acceptors (Lipinski definition) is 5. The van der Waals surface area contributed by atoms with Crippen molar-refractivity contribution in [2.75, 3.05) is 50.1 Å². The van der Waals surface area contributed by atoms with Crippen LogP contribution in [0.25, 0.3) is 10.2 Å². The van der Waals surface area contributed by atoms with Gasteiger partial charge in [-0.2, -0.15) is 0 Å². The Balaban J connectivity index is 0.00000320. The van der Waals surface area contributed by atoms with Crippen molar-refractivity contribution in [1.82, 2.24) is 9.88 Å². The second kappa shape index (κ2) is 11.1. The topological polar surface area (TPSA) is 39.7 Å². The molecule has 0 aliphatic carbocycles. The van der Waals surface area contributed by atoms with Gasteiger partial charge in [0, 0.05) is 42.9 Å². The zero-order valence-corrected chi connectivity index (χ0v) is 21.0. The van der Waals surface area contributed by atoms with Gasteiger partial charge in [0.2, 0.25) is 0 Å². The summed E-state index contributed by atoms with van der Waals surface area (Å²) in [7, 11) is 3.99. The molecule has 5 nitrogen and oxygen atoms in total. The monoisotopic (exact) mass is 510 g/mol. The number of aromatic nitrogens is 1. The maximum Gasteiger partial charge on any atom is 0.260 e. The molecule has 0 bridgehead atoms. The number of amides is 1. The first-order valence-electron chi connectivity index (χ1n) is 9.80. The number of nitrogens with zero attached hydrogens (tertiary/aromatic N) is 4. The van der Waals surface area contributed by atoms with Crippen LogP contribution in [0.4, 0.5) is 10.8 Å². The number of rotatable bonds is 8. The Morgan fingerprint density at radius 1 is 1.03 bits per heavy atom. The molecule has 162 valence electrons. The standard InChI is InChI=1S/C22H27BrN4OS.ClH/c1-5-26(6-2)13-14-27(21(28)16-7-10-18(11-8-16)25(3)4)22-24-19-12-9-17(23)15-20(19)29-22;/h7-12,15H,5-6,13-14H2,1-4H3;1H. The summed E-state index contributed by atoms with van der Waals surface area (Å²) >= 11 is 5.07. The molecule has 0 unspecified atom stereocenters. The molecule has 30 heavy (non-hydrogen) atoms. The van der Waals surface area contributed by atoms with Crippen molar-refractivity contribution in [2.24, 2.45) is 0 Å². The van der Waals surface area contributed by atoms with Crippen LogP contribution in [0.1, 0.15) is 24.2 Å². The number of fused-ring (bicyclic) bond motifs is 1. The highest BCUT2D eigenvalue weighted by molar-refractivity contribution is 9.10. The number of thiazole rings is 1. The quantitative estimate of drug-likeness (QED) is 0.398. The van der Waals surface area contributed by atoms with Gasteiger partial charge in [-0.25, -0.2) is 4.98 Å². The molecule has 3 aromatic rings. The Morgan fingerprint density at radius 2 is 1.70 bits per heavy atom. The average molecular weight is 512 g/mol. The van der Waals surface area contributed by atoms with Gasteiger partial charge < -0.3 is 9.80 Å². The lowest BCUT2D eigenvalue weighted by Gasteiger charge is -2.25. The van der Waals surface area contributed by atoms with Gasteiger partial charge in [0.25, 0.3) is 5.91 Å². The van der Waals surface area contributed by atoms with E-state index >= 15 is 0 Å². The number of carbonyl (C=O) groups is 1. The predicted octanol–water partition coefficient (Wildman–Crippen LogP) is 5.54. The largest absolute Gasteiger partial charge is 0.378 e. The van der Waals surface area contributed by atoms with E-state index in [4.69, 9.17) is 4.98 Å². The first-order valence-corrected chi connectivity index (χ1v) is 11.4. The molecule has 2 aromatic carbocycles. The van der Waals surface area contributed by atoms with E-state index in [9.17, 15) is 4.79 Å². The van der Waals surface area contributed by atoms with Crippen LogP contribution in [0, 0.1) is 0 Å². The van der Waals surface area contributed by atoms with Gasteiger partial charge in [-0.15, -0.1) is 12.4 Å². The van der Waals surface area contributed by atoms with Crippen molar-refractivity contribution in [3.8, 4) is 0 Å². The molecule has 0 atom stereocenters. The van der Waals surface area contributed by atoms with Crippen LogP contribution < -0.4 is 9.80 Å². The average Bonchev–Trinajstić information content (AvgIpc) is 3.13. The van der Waals surface area contributed by atoms with Gasteiger partial charge in [-0.05, 0) is 55.6 Å². The zero-order chi connectivity index (χ0) is 21.0. The van der Waals surface area contributed by atoms with Crippen LogP contribution in [0.3, 0.4) is 0 Å². The molecule has 0 N–H and O–H groups in total. The minimum Gasteiger partial charge on any atom is -0.378 e. The molecular weight excluding hydrogens is 484 g/mol. The summed E-state index contributed by atoms with van der Waals surface area (Å²) in [5, 5.41) is 0.743. The van der Waals surface area contributed by atoms with E-state index in [0.717, 1.165) is 45.1 Å². The molecule has 0 aliphatic heterocycles. The van der Waals surface area contributed by atoms with Crippen LogP contribution in [0.15, 0.2) is 46.9 Å². The highest BCUT2D eigenvalue weighted by Gasteiger charge is 2.22. The third-order valence-corrected chi connectivity index (χ3v) is 6.51. The number of carbonyl (C=O) groups excluding carboxylic acids is 1. The van der Waals surface area contributed by atoms with Gasteiger partial charge in [0.15, 0.2) is 5.13 Å². The Morgan fingerprint density at radius 3 is 2.30 bits per heavy atom. The van der Waals surface area contributed by atoms with Gasteiger partial charge in [-0.3, -0.25) is 9.69 Å². The summed E-state index contributed by atoms with van der Waals surface area (Å²) < 4.78 is 2.08. The second-order valence-electron chi connectivity index (χ2n) is 7.03. The van der Waals surface area contributed by atoms with E-state index in [0.29, 0.717) is 12.1 Å². The van der Waals surface area contributed by atoms with E-state index < -0.39 is 0 Å². The maximum atomic E-state index is 13.4. The fourth-order valence-corrected chi connectivity index (χ4v) is 4.67. The summed E-state index contributed by atoms with van der Waals surface area (Å²) in [5.74, 6) is -0.0133. The van der Waals surface area contributed by atoms with Crippen molar-refractivity contribution in [1.29, 1.82) is 0 Å². The summed E-state index contributed by atoms with van der Waals surface area (Å²) in [4.78, 5) is 24.3. The van der Waals surface area contributed by atoms with E-state index in [-0.39, 0.29) is 18.3 Å². The summed E-state index contributed by atoms with van der Waals surface area (Å²) in [6, 6.07) is 13.8. The van der Waals surface area contributed by atoms with Crippen molar-refractivity contribution in [2.45, 2.75) is 13.8 Å². The van der Waals surface area contributed by atoms with Crippen LogP contribution in [0.5, 0.6) is 0 Å². The third kappa shape index (κ3) is 5.72. The first kappa shape index (κ1) is 24.6. The van der Waals surface area contributed by atoms with Crippen molar-refractivity contribution >= 4 is 66.6 Å². The number of halogens is 2. The molecule has 0 saturated carbocycles. The highest BCUT2D eigenvalue weighted by Crippen LogP contribution is 2.31. The van der Waals surface area contributed by atoms with Gasteiger partial charge in [0.1, 0.15) is 0 Å². The summed E-state index contributed by atoms with van der Waals surface area (Å²) in [6.45, 7) is 7.63. The Kier molecular flexibility index (Phi) is 9.09. The van der Waals surface area contributed by atoms with Crippen molar-refractivity contribution in [3.63, 3.8) is 0 Å². The van der Waals surface area contributed by atoms with Gasteiger partial charge >= 0.3 is 0 Å². The van der Waals surface area contributed by atoms with Gasteiger partial charge in [0.05, 0.1) is 10.2 Å². The minimum absolute atomic E-state index is 0. The molecule has 1 amide bonds. The third-order valence-electron chi connectivity index (χ3n) is 4.98. The predicted molar refractivity (Wildman–Crippen MR) is 135 cm³/mol. The zero-order valence-electron chi connectivity index (χ0n) is 17.8. The first-order chi connectivity index (χ1) is 13.9. The Hall–Kier alpha value is -1.67. The molecule has 0 saturated heterocycles. The number of hydrogen-bond donors (Lipinski definition) is 0. The highest BCUT2D eigenvalue weighted by atomic mass is 79.9. The van der Waals surface area contributed by atoms with Crippen LogP contribution in [-0.2, 0) is 0 Å². The molecule has 1 aromatic heterocycles. The van der Waals surface area contributed by atoms with E-state index in [1.165, 1.54) is 0 Å². The molecule has 0 fully saturated rings. The van der Waals surface area contributed by atoms with E-state index in [1.807, 2.05) is 60.3 Å². The fraction of sp³-hybridized carbons (Fsp3) is 0.364. The van der Waals surface area contributed by atoms with E-state index in [1.54, 1.807) is 11.3 Å².